The topological polar surface area (TPSA) is 0 Å². The van der Waals surface area contributed by atoms with Gasteiger partial charge in [-0.1, -0.05) is 63.8 Å². The van der Waals surface area contributed by atoms with Crippen LogP contribution in [-0.4, -0.2) is 6.22 Å². The second-order valence-corrected chi connectivity index (χ2v) is 32.4. The van der Waals surface area contributed by atoms with Crippen molar-refractivity contribution in [2.24, 2.45) is 0 Å². The molecule has 0 unspecified atom stereocenters. The fourth-order valence-corrected chi connectivity index (χ4v) is 13.7. The Kier molecular flexibility index (Phi) is 14.8. The number of hydrogen-bond donors (Lipinski definition) is 0. The van der Waals surface area contributed by atoms with Gasteiger partial charge in [0, 0.05) is 0 Å². The Morgan fingerprint density at radius 3 is 1.43 bits per heavy atom. The first kappa shape index (κ1) is 30.6. The Bertz CT molecular complexity index is 1020. The van der Waals surface area contributed by atoms with E-state index in [4.69, 9.17) is 17.2 Å². The number of hydrogen-bond acceptors (Lipinski definition) is 0. The number of fused-ring (bicyclic) bond motifs is 2. The van der Waals surface area contributed by atoms with Crippen molar-refractivity contribution in [2.75, 3.05) is 0 Å². The number of benzene rings is 2. The smallest absolute Gasteiger partial charge is 0.0397 e. The third-order valence-electron chi connectivity index (χ3n) is 6.55. The summed E-state index contributed by atoms with van der Waals surface area (Å²) in [6.45, 7) is 11.1. The summed E-state index contributed by atoms with van der Waals surface area (Å²) in [6, 6.07) is 23.6. The van der Waals surface area contributed by atoms with Crippen LogP contribution in [-0.2, 0) is 43.4 Å². The van der Waals surface area contributed by atoms with Gasteiger partial charge < -0.3 is 0 Å². The molecule has 0 fully saturated rings. The summed E-state index contributed by atoms with van der Waals surface area (Å²) in [5.74, 6) is 0. The van der Waals surface area contributed by atoms with Crippen molar-refractivity contribution >= 4 is 44.9 Å². The zero-order valence-corrected chi connectivity index (χ0v) is 28.3. The van der Waals surface area contributed by atoms with Crippen molar-refractivity contribution in [3.63, 3.8) is 0 Å². The van der Waals surface area contributed by atoms with Crippen molar-refractivity contribution in [3.8, 4) is 0 Å². The van der Waals surface area contributed by atoms with Crippen LogP contribution in [0.3, 0.4) is 0 Å². The molecule has 189 valence electrons. The molecule has 0 atom stereocenters. The molecule has 0 aliphatic rings. The van der Waals surface area contributed by atoms with Gasteiger partial charge in [-0.3, -0.25) is 0 Å². The van der Waals surface area contributed by atoms with Gasteiger partial charge in [0.15, 0.2) is 0 Å². The van der Waals surface area contributed by atoms with Gasteiger partial charge in [0.25, 0.3) is 0 Å². The summed E-state index contributed by atoms with van der Waals surface area (Å²) in [4.78, 5) is 0. The molecule has 35 heavy (non-hydrogen) atoms. The molecule has 0 aromatic heterocycles. The number of aryl methyl sites for hydroxylation is 4. The molecule has 0 aliphatic carbocycles. The molecule has 4 aromatic carbocycles. The quantitative estimate of drug-likeness (QED) is 0.0981. The molecule has 0 amide bonds. The first-order valence-electron chi connectivity index (χ1n) is 13.2. The Hall–Kier alpha value is -0.673. The zero-order valence-electron chi connectivity index (χ0n) is 22.2. The second-order valence-electron chi connectivity index (χ2n) is 8.78. The Morgan fingerprint density at radius 2 is 1.06 bits per heavy atom. The molecule has 0 saturated heterocycles. The first-order valence-corrected chi connectivity index (χ1v) is 28.7. The van der Waals surface area contributed by atoms with E-state index in [-0.39, 0.29) is 0 Å². The number of halogens is 2. The second kappa shape index (κ2) is 17.0. The van der Waals surface area contributed by atoms with E-state index in [1.807, 2.05) is 0 Å². The van der Waals surface area contributed by atoms with Crippen LogP contribution < -0.4 is 0 Å². The maximum Gasteiger partial charge on any atom is -0.0397 e. The van der Waals surface area contributed by atoms with E-state index >= 15 is 0 Å². The molecule has 0 spiro atoms. The summed E-state index contributed by atoms with van der Waals surface area (Å²) < 4.78 is 0. The predicted molar refractivity (Wildman–Crippen MR) is 158 cm³/mol. The first-order chi connectivity index (χ1) is 17.0. The molecule has 0 saturated carbocycles. The van der Waals surface area contributed by atoms with Crippen molar-refractivity contribution in [3.05, 3.63) is 82.9 Å². The van der Waals surface area contributed by atoms with E-state index < -0.39 is 17.7 Å². The fraction of sp³-hybridized carbons (Fsp3) is 0.419. The van der Waals surface area contributed by atoms with Crippen LogP contribution in [0.4, 0.5) is 0 Å². The van der Waals surface area contributed by atoms with E-state index in [1.54, 1.807) is 0 Å². The van der Waals surface area contributed by atoms with E-state index in [0.717, 1.165) is 31.9 Å². The van der Waals surface area contributed by atoms with E-state index in [2.05, 4.69) is 95.3 Å². The van der Waals surface area contributed by atoms with Crippen LogP contribution in [0, 0.1) is 0 Å². The van der Waals surface area contributed by atoms with Gasteiger partial charge in [-0.2, -0.15) is 24.3 Å². The van der Waals surface area contributed by atoms with Crippen molar-refractivity contribution in [2.45, 2.75) is 85.6 Å². The molecule has 0 aliphatic heterocycles. The van der Waals surface area contributed by atoms with E-state index in [1.165, 1.54) is 69.1 Å². The van der Waals surface area contributed by atoms with Crippen LogP contribution in [0.25, 0.3) is 21.5 Å². The minimum absolute atomic E-state index is 0.942. The van der Waals surface area contributed by atoms with Crippen LogP contribution in [0.5, 0.6) is 0 Å². The van der Waals surface area contributed by atoms with Gasteiger partial charge in [-0.15, -0.1) is 56.9 Å². The molecule has 0 N–H and O–H groups in total. The Labute approximate surface area is 229 Å². The Morgan fingerprint density at radius 1 is 0.629 bits per heavy atom. The number of unbranched alkanes of at least 4 members (excludes halogenated alkanes) is 2. The van der Waals surface area contributed by atoms with Gasteiger partial charge in [0.1, 0.15) is 0 Å². The summed E-state index contributed by atoms with van der Waals surface area (Å²) in [6.07, 6.45) is 9.44. The third kappa shape index (κ3) is 9.29. The van der Waals surface area contributed by atoms with Crippen LogP contribution in [0.15, 0.2) is 60.7 Å². The molecule has 0 bridgehead atoms. The van der Waals surface area contributed by atoms with Gasteiger partial charge in [0.2, 0.25) is 0 Å². The molecule has 4 aromatic rings. The molecule has 0 heterocycles. The maximum atomic E-state index is 5.75. The third-order valence-corrected chi connectivity index (χ3v) is 19.6. The van der Waals surface area contributed by atoms with Crippen molar-refractivity contribution in [1.82, 2.24) is 0 Å². The van der Waals surface area contributed by atoms with Gasteiger partial charge in [-0.05, 0) is 12.8 Å². The van der Waals surface area contributed by atoms with Gasteiger partial charge in [-0.25, -0.2) is 0 Å². The standard InChI is InChI=1S/2C13H15.C5H11Si.2ClH.Hf/c2*1-3-10-8-9-11(4-2)13-7-5-6-12(10)13;1-2-3-4-5-6;;;/h2*5-9H,3-4H2,1-2H3;2-5H2,1H3;2*1H;/q2*-1;;;;+2/p-2. The summed E-state index contributed by atoms with van der Waals surface area (Å²) in [5, 5.41) is 5.78. The minimum atomic E-state index is -1.84. The van der Waals surface area contributed by atoms with E-state index in [0.29, 0.717) is 0 Å². The molecule has 4 rings (SSSR count). The van der Waals surface area contributed by atoms with Gasteiger partial charge >= 0.3 is 73.3 Å². The van der Waals surface area contributed by atoms with Crippen molar-refractivity contribution < 1.29 is 17.7 Å². The average Bonchev–Trinajstić information content (AvgIpc) is 3.57. The molecular formula is C31H41Cl2HfSi-2. The van der Waals surface area contributed by atoms with Gasteiger partial charge in [0.05, 0.1) is 0 Å². The largest absolute Gasteiger partial charge is 0.168 e. The Balaban J connectivity index is 0.000000190. The monoisotopic (exact) mass is 691 g/mol. The van der Waals surface area contributed by atoms with E-state index in [9.17, 15) is 0 Å². The predicted octanol–water partition coefficient (Wildman–Crippen LogP) is 10.5. The normalized spacial score (nSPS) is 10.5. The van der Waals surface area contributed by atoms with Crippen LogP contribution in [0.1, 0.15) is 76.1 Å². The van der Waals surface area contributed by atoms with Crippen LogP contribution in [0.2, 0.25) is 6.04 Å². The summed E-state index contributed by atoms with van der Waals surface area (Å²) in [7, 11) is 11.5. The molecule has 0 nitrogen and oxygen atoms in total. The zero-order chi connectivity index (χ0) is 25.6. The minimum Gasteiger partial charge on any atom is -0.168 e. The number of rotatable bonds is 8. The fourth-order valence-electron chi connectivity index (χ4n) is 4.51. The van der Waals surface area contributed by atoms with Crippen LogP contribution >= 0.6 is 17.2 Å². The molecular weight excluding hydrogens is 650 g/mol. The molecule has 1 radical (unpaired) electrons. The molecule has 4 heteroatoms. The maximum absolute atomic E-state index is 5.75. The summed E-state index contributed by atoms with van der Waals surface area (Å²) >= 11 is -1.84. The van der Waals surface area contributed by atoms with Crippen molar-refractivity contribution in [1.29, 1.82) is 0 Å². The summed E-state index contributed by atoms with van der Waals surface area (Å²) in [5.41, 5.74) is 5.88. The SMILES string of the molecule is CCCCC[Si]=[Hf]([Cl])[Cl].CCc1ccc(CC)c2[cH-]ccc12.CCc1ccc(CC)c2[cH-]ccc12. The average molecular weight is 691 g/mol.